The van der Waals surface area contributed by atoms with E-state index in [-0.39, 0.29) is 5.41 Å². The molecule has 0 spiro atoms. The van der Waals surface area contributed by atoms with Crippen LogP contribution in [0.4, 0.5) is 0 Å². The predicted octanol–water partition coefficient (Wildman–Crippen LogP) is 4.00. The maximum atomic E-state index is 5.92. The summed E-state index contributed by atoms with van der Waals surface area (Å²) in [4.78, 5) is 0. The Morgan fingerprint density at radius 3 is 2.32 bits per heavy atom. The molecule has 1 saturated heterocycles. The van der Waals surface area contributed by atoms with Crippen LogP contribution in [0.3, 0.4) is 0 Å². The second kappa shape index (κ2) is 6.53. The number of hydrogen-bond acceptors (Lipinski definition) is 2. The Morgan fingerprint density at radius 1 is 1.00 bits per heavy atom. The Kier molecular flexibility index (Phi) is 4.49. The van der Waals surface area contributed by atoms with Gasteiger partial charge in [0, 0.05) is 17.9 Å². The van der Waals surface area contributed by atoms with Crippen LogP contribution in [0.5, 0.6) is 5.75 Å². The molecule has 0 aliphatic carbocycles. The van der Waals surface area contributed by atoms with Gasteiger partial charge in [0.05, 0.1) is 6.61 Å². The largest absolute Gasteiger partial charge is 0.493 e. The number of nitrogens with one attached hydrogen (secondary N) is 1. The molecule has 1 aliphatic heterocycles. The third-order valence-corrected chi connectivity index (χ3v) is 4.72. The van der Waals surface area contributed by atoms with Gasteiger partial charge < -0.3 is 10.1 Å². The maximum absolute atomic E-state index is 5.92. The molecule has 2 aromatic rings. The Balaban J connectivity index is 1.68. The summed E-state index contributed by atoms with van der Waals surface area (Å²) in [6.07, 6.45) is 1.22. The smallest absolute Gasteiger partial charge is 0.119 e. The van der Waals surface area contributed by atoms with Gasteiger partial charge in [0.2, 0.25) is 0 Å². The van der Waals surface area contributed by atoms with Gasteiger partial charge >= 0.3 is 0 Å². The van der Waals surface area contributed by atoms with Crippen molar-refractivity contribution in [2.24, 2.45) is 5.92 Å². The summed E-state index contributed by atoms with van der Waals surface area (Å²) in [6.45, 7) is 7.55. The van der Waals surface area contributed by atoms with Gasteiger partial charge in [0.1, 0.15) is 5.75 Å². The van der Waals surface area contributed by atoms with Crippen molar-refractivity contribution in [2.75, 3.05) is 19.7 Å². The van der Waals surface area contributed by atoms with Crippen LogP contribution in [-0.2, 0) is 5.41 Å². The van der Waals surface area contributed by atoms with Crippen molar-refractivity contribution in [3.63, 3.8) is 0 Å². The monoisotopic (exact) mass is 295 g/mol. The molecule has 2 heteroatoms. The lowest BCUT2D eigenvalue weighted by atomic mass is 9.78. The van der Waals surface area contributed by atoms with Crippen LogP contribution in [-0.4, -0.2) is 19.7 Å². The first-order chi connectivity index (χ1) is 10.7. The van der Waals surface area contributed by atoms with Crippen molar-refractivity contribution in [3.8, 4) is 5.75 Å². The first-order valence-electron chi connectivity index (χ1n) is 8.16. The predicted molar refractivity (Wildman–Crippen MR) is 91.5 cm³/mol. The number of benzene rings is 2. The van der Waals surface area contributed by atoms with Crippen LogP contribution < -0.4 is 10.1 Å². The third-order valence-electron chi connectivity index (χ3n) is 4.72. The minimum atomic E-state index is 0.00909. The van der Waals surface area contributed by atoms with Gasteiger partial charge in [-0.1, -0.05) is 56.3 Å². The van der Waals surface area contributed by atoms with Gasteiger partial charge in [-0.3, -0.25) is 0 Å². The normalized spacial score (nSPS) is 18.4. The zero-order valence-electron chi connectivity index (χ0n) is 13.5. The quantitative estimate of drug-likeness (QED) is 0.900. The molecular weight excluding hydrogens is 270 g/mol. The lowest BCUT2D eigenvalue weighted by Crippen LogP contribution is -2.19. The van der Waals surface area contributed by atoms with E-state index in [1.807, 2.05) is 0 Å². The lowest BCUT2D eigenvalue weighted by Gasteiger charge is -2.26. The first kappa shape index (κ1) is 15.1. The molecule has 116 valence electrons. The van der Waals surface area contributed by atoms with Crippen molar-refractivity contribution in [2.45, 2.75) is 25.7 Å². The van der Waals surface area contributed by atoms with Crippen LogP contribution in [0, 0.1) is 5.92 Å². The van der Waals surface area contributed by atoms with Gasteiger partial charge in [-0.05, 0) is 36.2 Å². The molecule has 2 nitrogen and oxygen atoms in total. The van der Waals surface area contributed by atoms with Crippen molar-refractivity contribution in [1.82, 2.24) is 5.32 Å². The molecule has 0 bridgehead atoms. The summed E-state index contributed by atoms with van der Waals surface area (Å²) in [5.74, 6) is 1.62. The summed E-state index contributed by atoms with van der Waals surface area (Å²) in [5.41, 5.74) is 2.66. The zero-order chi connectivity index (χ0) is 15.4. The average Bonchev–Trinajstić information content (AvgIpc) is 3.08. The van der Waals surface area contributed by atoms with E-state index in [1.54, 1.807) is 0 Å². The number of ether oxygens (including phenoxy) is 1. The molecule has 1 aliphatic rings. The standard InChI is InChI=1S/C20H25NO/c1-20(2,17-6-4-3-5-7-17)18-8-10-19(11-9-18)22-15-16-12-13-21-14-16/h3-11,16,21H,12-15H2,1-2H3/t16-/m0/s1. The highest BCUT2D eigenvalue weighted by Crippen LogP contribution is 2.32. The van der Waals surface area contributed by atoms with E-state index < -0.39 is 0 Å². The van der Waals surface area contributed by atoms with Crippen molar-refractivity contribution in [3.05, 3.63) is 65.7 Å². The Morgan fingerprint density at radius 2 is 1.68 bits per heavy atom. The van der Waals surface area contributed by atoms with E-state index in [0.29, 0.717) is 5.92 Å². The van der Waals surface area contributed by atoms with E-state index in [9.17, 15) is 0 Å². The van der Waals surface area contributed by atoms with Crippen LogP contribution >= 0.6 is 0 Å². The van der Waals surface area contributed by atoms with Crippen LogP contribution in [0.15, 0.2) is 54.6 Å². The molecule has 1 heterocycles. The zero-order valence-corrected chi connectivity index (χ0v) is 13.5. The van der Waals surface area contributed by atoms with E-state index >= 15 is 0 Å². The molecule has 0 aromatic heterocycles. The molecule has 22 heavy (non-hydrogen) atoms. The molecule has 0 saturated carbocycles. The minimum Gasteiger partial charge on any atom is -0.493 e. The number of hydrogen-bond donors (Lipinski definition) is 1. The summed E-state index contributed by atoms with van der Waals surface area (Å²) < 4.78 is 5.92. The topological polar surface area (TPSA) is 21.3 Å². The molecule has 0 radical (unpaired) electrons. The van der Waals surface area contributed by atoms with Gasteiger partial charge in [0.15, 0.2) is 0 Å². The molecule has 1 N–H and O–H groups in total. The van der Waals surface area contributed by atoms with Crippen LogP contribution in [0.25, 0.3) is 0 Å². The summed E-state index contributed by atoms with van der Waals surface area (Å²) in [7, 11) is 0. The van der Waals surface area contributed by atoms with Crippen molar-refractivity contribution >= 4 is 0 Å². The molecule has 1 atom stereocenters. The second-order valence-corrected chi connectivity index (χ2v) is 6.69. The minimum absolute atomic E-state index is 0.00909. The lowest BCUT2D eigenvalue weighted by molar-refractivity contribution is 0.260. The highest BCUT2D eigenvalue weighted by molar-refractivity contribution is 5.39. The van der Waals surface area contributed by atoms with Crippen LogP contribution in [0.1, 0.15) is 31.4 Å². The second-order valence-electron chi connectivity index (χ2n) is 6.69. The van der Waals surface area contributed by atoms with E-state index in [0.717, 1.165) is 25.4 Å². The highest BCUT2D eigenvalue weighted by Gasteiger charge is 2.22. The van der Waals surface area contributed by atoms with E-state index in [2.05, 4.69) is 73.8 Å². The maximum Gasteiger partial charge on any atom is 0.119 e. The van der Waals surface area contributed by atoms with Gasteiger partial charge in [-0.2, -0.15) is 0 Å². The molecule has 3 rings (SSSR count). The average molecular weight is 295 g/mol. The molecule has 0 amide bonds. The Labute approximate surface area is 133 Å². The van der Waals surface area contributed by atoms with Gasteiger partial charge in [-0.25, -0.2) is 0 Å². The number of rotatable bonds is 5. The summed E-state index contributed by atoms with van der Waals surface area (Å²) >= 11 is 0. The van der Waals surface area contributed by atoms with Crippen molar-refractivity contribution in [1.29, 1.82) is 0 Å². The molecular formula is C20H25NO. The molecule has 2 aromatic carbocycles. The van der Waals surface area contributed by atoms with Gasteiger partial charge in [0.25, 0.3) is 0 Å². The van der Waals surface area contributed by atoms with E-state index in [1.165, 1.54) is 17.5 Å². The van der Waals surface area contributed by atoms with E-state index in [4.69, 9.17) is 4.74 Å². The SMILES string of the molecule is CC(C)(c1ccccc1)c1ccc(OC[C@H]2CCNC2)cc1. The summed E-state index contributed by atoms with van der Waals surface area (Å²) in [5, 5.41) is 3.38. The Bertz CT molecular complexity index is 583. The highest BCUT2D eigenvalue weighted by atomic mass is 16.5. The first-order valence-corrected chi connectivity index (χ1v) is 8.16. The Hall–Kier alpha value is -1.80. The van der Waals surface area contributed by atoms with Gasteiger partial charge in [-0.15, -0.1) is 0 Å². The van der Waals surface area contributed by atoms with Crippen molar-refractivity contribution < 1.29 is 4.74 Å². The third kappa shape index (κ3) is 3.33. The van der Waals surface area contributed by atoms with Crippen LogP contribution in [0.2, 0.25) is 0 Å². The molecule has 1 fully saturated rings. The fourth-order valence-electron chi connectivity index (χ4n) is 3.06. The fraction of sp³-hybridized carbons (Fsp3) is 0.400. The molecule has 0 unspecified atom stereocenters. The summed E-state index contributed by atoms with van der Waals surface area (Å²) in [6, 6.07) is 19.2. The fourth-order valence-corrected chi connectivity index (χ4v) is 3.06.